The van der Waals surface area contributed by atoms with E-state index in [1.807, 2.05) is 29.2 Å². The predicted molar refractivity (Wildman–Crippen MR) is 76.7 cm³/mol. The summed E-state index contributed by atoms with van der Waals surface area (Å²) in [7, 11) is 0. The van der Waals surface area contributed by atoms with Crippen molar-refractivity contribution < 1.29 is 4.79 Å². The van der Waals surface area contributed by atoms with Crippen LogP contribution in [0.1, 0.15) is 16.1 Å². The average Bonchev–Trinajstić information content (AvgIpc) is 2.88. The van der Waals surface area contributed by atoms with Crippen LogP contribution in [0.5, 0.6) is 0 Å². The molecule has 0 atom stereocenters. The van der Waals surface area contributed by atoms with Crippen molar-refractivity contribution in [2.45, 2.75) is 6.42 Å². The minimum absolute atomic E-state index is 0.0386. The molecule has 1 aliphatic rings. The highest BCUT2D eigenvalue weighted by atomic mass is 35.5. The number of likely N-dealkylation sites (tertiary alicyclic amines) is 1. The molecule has 1 fully saturated rings. The van der Waals surface area contributed by atoms with Crippen LogP contribution in [0.15, 0.2) is 35.2 Å². The first kappa shape index (κ1) is 12.6. The zero-order chi connectivity index (χ0) is 13.2. The lowest BCUT2D eigenvalue weighted by atomic mass is 9.92. The van der Waals surface area contributed by atoms with Gasteiger partial charge in [-0.3, -0.25) is 4.79 Å². The number of carbonyl (C=O) groups is 1. The van der Waals surface area contributed by atoms with Gasteiger partial charge in [-0.2, -0.15) is 0 Å². The maximum absolute atomic E-state index is 12.0. The summed E-state index contributed by atoms with van der Waals surface area (Å²) < 4.78 is 0. The van der Waals surface area contributed by atoms with E-state index in [0.29, 0.717) is 11.6 Å². The summed E-state index contributed by atoms with van der Waals surface area (Å²) >= 11 is 7.59. The number of thiazole rings is 1. The second kappa shape index (κ2) is 5.31. The zero-order valence-electron chi connectivity index (χ0n) is 10.3. The molecule has 19 heavy (non-hydrogen) atoms. The van der Waals surface area contributed by atoms with Crippen molar-refractivity contribution in [1.29, 1.82) is 0 Å². The highest BCUT2D eigenvalue weighted by Crippen LogP contribution is 2.25. The third-order valence-corrected chi connectivity index (χ3v) is 4.32. The van der Waals surface area contributed by atoms with Crippen molar-refractivity contribution >= 4 is 28.8 Å². The van der Waals surface area contributed by atoms with Gasteiger partial charge in [-0.15, -0.1) is 11.3 Å². The summed E-state index contributed by atoms with van der Waals surface area (Å²) in [6.07, 6.45) is 0.931. The molecule has 1 aromatic heterocycles. The van der Waals surface area contributed by atoms with Gasteiger partial charge in [-0.05, 0) is 24.0 Å². The van der Waals surface area contributed by atoms with E-state index in [1.54, 1.807) is 10.9 Å². The number of amides is 1. The number of carbonyl (C=O) groups excluding carboxylic acids is 1. The van der Waals surface area contributed by atoms with Crippen LogP contribution < -0.4 is 0 Å². The number of hydrogen-bond donors (Lipinski definition) is 0. The third-order valence-electron chi connectivity index (χ3n) is 3.36. The molecule has 1 saturated heterocycles. The van der Waals surface area contributed by atoms with Gasteiger partial charge in [-0.25, -0.2) is 4.98 Å². The van der Waals surface area contributed by atoms with Crippen LogP contribution in [0.4, 0.5) is 0 Å². The summed E-state index contributed by atoms with van der Waals surface area (Å²) in [5.41, 5.74) is 3.41. The summed E-state index contributed by atoms with van der Waals surface area (Å²) in [5, 5.41) is 2.61. The van der Waals surface area contributed by atoms with Gasteiger partial charge in [0.2, 0.25) is 0 Å². The molecule has 2 aromatic rings. The zero-order valence-corrected chi connectivity index (χ0v) is 11.8. The molecule has 0 unspecified atom stereocenters. The van der Waals surface area contributed by atoms with Gasteiger partial charge in [0.15, 0.2) is 0 Å². The molecule has 0 N–H and O–H groups in total. The van der Waals surface area contributed by atoms with Gasteiger partial charge in [-0.1, -0.05) is 29.8 Å². The first-order chi connectivity index (χ1) is 9.24. The number of aromatic nitrogens is 1. The molecule has 2 heterocycles. The number of hydrogen-bond acceptors (Lipinski definition) is 3. The molecule has 1 aromatic carbocycles. The quantitative estimate of drug-likeness (QED) is 0.871. The molecule has 1 amide bonds. The molecule has 5 heteroatoms. The summed E-state index contributed by atoms with van der Waals surface area (Å²) in [5.74, 6) is 0.541. The fraction of sp³-hybridized carbons (Fsp3) is 0.286. The number of nitrogens with zero attached hydrogens (tertiary/aromatic N) is 2. The molecule has 3 nitrogen and oxygen atoms in total. The Balaban J connectivity index is 1.56. The highest BCUT2D eigenvalue weighted by Gasteiger charge is 2.32. The molecular weight excluding hydrogens is 280 g/mol. The van der Waals surface area contributed by atoms with E-state index in [2.05, 4.69) is 4.98 Å². The Labute approximate surface area is 120 Å². The van der Waals surface area contributed by atoms with Crippen molar-refractivity contribution in [1.82, 2.24) is 9.88 Å². The second-order valence-electron chi connectivity index (χ2n) is 4.75. The van der Waals surface area contributed by atoms with E-state index in [1.165, 1.54) is 11.3 Å². The van der Waals surface area contributed by atoms with Gasteiger partial charge in [0.1, 0.15) is 5.69 Å². The molecule has 0 saturated carbocycles. The lowest BCUT2D eigenvalue weighted by Crippen LogP contribution is -2.50. The van der Waals surface area contributed by atoms with E-state index in [4.69, 9.17) is 11.6 Å². The Morgan fingerprint density at radius 2 is 2.21 bits per heavy atom. The smallest absolute Gasteiger partial charge is 0.273 e. The van der Waals surface area contributed by atoms with Crippen LogP contribution >= 0.6 is 22.9 Å². The van der Waals surface area contributed by atoms with E-state index in [9.17, 15) is 4.79 Å². The first-order valence-electron chi connectivity index (χ1n) is 6.15. The normalized spacial score (nSPS) is 15.3. The van der Waals surface area contributed by atoms with Crippen molar-refractivity contribution in [2.75, 3.05) is 13.1 Å². The predicted octanol–water partition coefficient (Wildman–Crippen LogP) is 3.11. The van der Waals surface area contributed by atoms with Crippen LogP contribution in [0.2, 0.25) is 5.02 Å². The van der Waals surface area contributed by atoms with E-state index < -0.39 is 0 Å². The van der Waals surface area contributed by atoms with Gasteiger partial charge >= 0.3 is 0 Å². The fourth-order valence-corrected chi connectivity index (χ4v) is 3.06. The minimum atomic E-state index is 0.0386. The maximum Gasteiger partial charge on any atom is 0.273 e. The van der Waals surface area contributed by atoms with E-state index >= 15 is 0 Å². The van der Waals surface area contributed by atoms with Crippen LogP contribution in [0.25, 0.3) is 0 Å². The molecule has 98 valence electrons. The minimum Gasteiger partial charge on any atom is -0.337 e. The van der Waals surface area contributed by atoms with Gasteiger partial charge < -0.3 is 4.90 Å². The summed E-state index contributed by atoms with van der Waals surface area (Å²) in [4.78, 5) is 17.9. The van der Waals surface area contributed by atoms with Gasteiger partial charge in [0.25, 0.3) is 5.91 Å². The Kier molecular flexibility index (Phi) is 3.53. The molecule has 0 aliphatic carbocycles. The van der Waals surface area contributed by atoms with Gasteiger partial charge in [0, 0.05) is 23.5 Å². The largest absolute Gasteiger partial charge is 0.337 e. The van der Waals surface area contributed by atoms with Crippen LogP contribution in [0.3, 0.4) is 0 Å². The maximum atomic E-state index is 12.0. The van der Waals surface area contributed by atoms with E-state index in [0.717, 1.165) is 30.1 Å². The third kappa shape index (κ3) is 2.65. The Morgan fingerprint density at radius 1 is 1.42 bits per heavy atom. The topological polar surface area (TPSA) is 33.2 Å². The molecule has 0 spiro atoms. The lowest BCUT2D eigenvalue weighted by molar-refractivity contribution is 0.0496. The Morgan fingerprint density at radius 3 is 2.89 bits per heavy atom. The summed E-state index contributed by atoms with van der Waals surface area (Å²) in [6, 6.07) is 7.89. The van der Waals surface area contributed by atoms with Gasteiger partial charge in [0.05, 0.1) is 5.51 Å². The highest BCUT2D eigenvalue weighted by molar-refractivity contribution is 7.07. The monoisotopic (exact) mass is 292 g/mol. The van der Waals surface area contributed by atoms with Crippen LogP contribution in [0, 0.1) is 5.92 Å². The molecule has 1 aliphatic heterocycles. The van der Waals surface area contributed by atoms with Crippen molar-refractivity contribution in [3.05, 3.63) is 51.4 Å². The standard InChI is InChI=1S/C14H13ClN2OS/c15-12-4-2-1-3-11(12)5-10-6-17(7-10)14(18)13-8-19-9-16-13/h1-4,8-10H,5-7H2. The number of halogens is 1. The fourth-order valence-electron chi connectivity index (χ4n) is 2.32. The molecule has 0 bridgehead atoms. The number of benzene rings is 1. The Bertz CT molecular complexity index is 579. The molecule has 3 rings (SSSR count). The Hall–Kier alpha value is -1.39. The number of rotatable bonds is 3. The lowest BCUT2D eigenvalue weighted by Gasteiger charge is -2.39. The van der Waals surface area contributed by atoms with E-state index in [-0.39, 0.29) is 5.91 Å². The first-order valence-corrected chi connectivity index (χ1v) is 7.47. The molecular formula is C14H13ClN2OS. The summed E-state index contributed by atoms with van der Waals surface area (Å²) in [6.45, 7) is 1.59. The van der Waals surface area contributed by atoms with Crippen LogP contribution in [-0.2, 0) is 6.42 Å². The molecule has 0 radical (unpaired) electrons. The average molecular weight is 293 g/mol. The van der Waals surface area contributed by atoms with Crippen molar-refractivity contribution in [3.8, 4) is 0 Å². The SMILES string of the molecule is O=C(c1cscn1)N1CC(Cc2ccccc2Cl)C1. The van der Waals surface area contributed by atoms with Crippen LogP contribution in [-0.4, -0.2) is 28.9 Å². The van der Waals surface area contributed by atoms with Crippen molar-refractivity contribution in [2.24, 2.45) is 5.92 Å². The van der Waals surface area contributed by atoms with Crippen molar-refractivity contribution in [3.63, 3.8) is 0 Å². The second-order valence-corrected chi connectivity index (χ2v) is 5.87.